The lowest BCUT2D eigenvalue weighted by molar-refractivity contribution is -0.184. The van der Waals surface area contributed by atoms with Crippen LogP contribution in [-0.4, -0.2) is 51.3 Å². The zero-order valence-electron chi connectivity index (χ0n) is 8.12. The maximum Gasteiger partial charge on any atom is 0.136 e. The van der Waals surface area contributed by atoms with Crippen LogP contribution in [0.1, 0.15) is 0 Å². The quantitative estimate of drug-likeness (QED) is 0.392. The van der Waals surface area contributed by atoms with E-state index in [1.54, 1.807) is 19.3 Å². The number of halogens is 1. The van der Waals surface area contributed by atoms with Crippen LogP contribution in [0.15, 0.2) is 0 Å². The minimum absolute atomic E-state index is 0.425. The summed E-state index contributed by atoms with van der Waals surface area (Å²) in [5.74, 6) is 0. The molecule has 0 aliphatic rings. The van der Waals surface area contributed by atoms with E-state index in [0.29, 0.717) is 20.1 Å². The third-order valence-electron chi connectivity index (χ3n) is 1.33. The Balaban J connectivity index is 3.53. The summed E-state index contributed by atoms with van der Waals surface area (Å²) in [4.78, 5) is 11.7. The molecule has 0 aliphatic heterocycles. The predicted octanol–water partition coefficient (Wildman–Crippen LogP) is 0.172. The van der Waals surface area contributed by atoms with Crippen LogP contribution in [0.25, 0.3) is 0 Å². The Morgan fingerprint density at radius 1 is 1.38 bits per heavy atom. The summed E-state index contributed by atoms with van der Waals surface area (Å²) in [6.45, 7) is 1.68. The highest BCUT2D eigenvalue weighted by atomic mass is 127. The molecule has 0 aromatic heterocycles. The second kappa shape index (κ2) is 9.06. The molecule has 7 heteroatoms. The van der Waals surface area contributed by atoms with Crippen molar-refractivity contribution in [2.75, 3.05) is 41.3 Å². The molecule has 80 valence electrons. The van der Waals surface area contributed by atoms with Crippen molar-refractivity contribution in [2.45, 2.75) is 0 Å². The van der Waals surface area contributed by atoms with Crippen molar-refractivity contribution in [2.24, 2.45) is 0 Å². The van der Waals surface area contributed by atoms with Gasteiger partial charge in [0.25, 0.3) is 0 Å². The Morgan fingerprint density at radius 2 is 2.08 bits per heavy atom. The Bertz CT molecular complexity index is 119. The molecule has 0 saturated heterocycles. The normalized spacial score (nSPS) is 11.5. The average Bonchev–Trinajstić information content (AvgIpc) is 2.14. The van der Waals surface area contributed by atoms with Crippen LogP contribution in [0.3, 0.4) is 0 Å². The van der Waals surface area contributed by atoms with Gasteiger partial charge in [-0.3, -0.25) is 12.8 Å². The highest BCUT2D eigenvalue weighted by Crippen LogP contribution is 1.95. The van der Waals surface area contributed by atoms with Crippen molar-refractivity contribution in [3.05, 3.63) is 0 Å². The Morgan fingerprint density at radius 3 is 2.54 bits per heavy atom. The molecule has 0 aliphatic carbocycles. The van der Waals surface area contributed by atoms with E-state index in [2.05, 4.69) is 5.48 Å². The first-order valence-electron chi connectivity index (χ1n) is 3.71. The third kappa shape index (κ3) is 7.55. The van der Waals surface area contributed by atoms with Crippen LogP contribution < -0.4 is 5.48 Å². The molecule has 0 bridgehead atoms. The van der Waals surface area contributed by atoms with Crippen molar-refractivity contribution in [3.63, 3.8) is 0 Å². The summed E-state index contributed by atoms with van der Waals surface area (Å²) in [5, 5.41) is 1.67. The van der Waals surface area contributed by atoms with Crippen LogP contribution in [-0.2, 0) is 12.7 Å². The van der Waals surface area contributed by atoms with Gasteiger partial charge in [0.15, 0.2) is 0 Å². The van der Waals surface area contributed by atoms with Crippen molar-refractivity contribution >= 4 is 23.0 Å². The monoisotopic (exact) mass is 305 g/mol. The van der Waals surface area contributed by atoms with E-state index >= 15 is 0 Å². The molecule has 0 heterocycles. The standard InChI is InChI=1S/C6H16IN3O3/c1-9(4-8-11-2)5-10(12-3)6-13-7/h8H,4-6H2,1-3H3. The topological polar surface area (TPSA) is 46.2 Å². The molecule has 0 atom stereocenters. The van der Waals surface area contributed by atoms with Gasteiger partial charge in [0, 0.05) is 0 Å². The fraction of sp³-hybridized carbons (Fsp3) is 1.00. The number of nitrogens with zero attached hydrogens (tertiary/aromatic N) is 2. The minimum Gasteiger partial charge on any atom is -0.304 e. The summed E-state index contributed by atoms with van der Waals surface area (Å²) in [7, 11) is 5.12. The zero-order chi connectivity index (χ0) is 10.1. The lowest BCUT2D eigenvalue weighted by Crippen LogP contribution is -2.40. The summed E-state index contributed by atoms with van der Waals surface area (Å²) in [6.07, 6.45) is 0. The Labute approximate surface area is 92.7 Å². The van der Waals surface area contributed by atoms with Gasteiger partial charge < -0.3 is 4.84 Å². The largest absolute Gasteiger partial charge is 0.304 e. The van der Waals surface area contributed by atoms with E-state index in [9.17, 15) is 0 Å². The molecular formula is C6H16IN3O3. The van der Waals surface area contributed by atoms with E-state index in [-0.39, 0.29) is 0 Å². The summed E-state index contributed by atoms with van der Waals surface area (Å²) in [5.41, 5.74) is 2.72. The van der Waals surface area contributed by atoms with E-state index < -0.39 is 0 Å². The van der Waals surface area contributed by atoms with Crippen molar-refractivity contribution in [1.82, 2.24) is 15.4 Å². The number of rotatable bonds is 8. The van der Waals surface area contributed by atoms with Crippen LogP contribution in [0.4, 0.5) is 0 Å². The summed E-state index contributed by atoms with van der Waals surface area (Å²) < 4.78 is 4.89. The van der Waals surface area contributed by atoms with Crippen LogP contribution in [0.5, 0.6) is 0 Å². The smallest absolute Gasteiger partial charge is 0.136 e. The van der Waals surface area contributed by atoms with Crippen molar-refractivity contribution in [1.29, 1.82) is 0 Å². The van der Waals surface area contributed by atoms with Crippen molar-refractivity contribution < 1.29 is 12.7 Å². The Kier molecular flexibility index (Phi) is 9.40. The van der Waals surface area contributed by atoms with Gasteiger partial charge >= 0.3 is 0 Å². The van der Waals surface area contributed by atoms with Gasteiger partial charge in [0.2, 0.25) is 0 Å². The van der Waals surface area contributed by atoms with Crippen LogP contribution >= 0.6 is 23.0 Å². The fourth-order valence-electron chi connectivity index (χ4n) is 0.700. The lowest BCUT2D eigenvalue weighted by atomic mass is 10.8. The molecule has 6 nitrogen and oxygen atoms in total. The molecule has 0 aromatic carbocycles. The Hall–Kier alpha value is 0.490. The molecule has 0 unspecified atom stereocenters. The van der Waals surface area contributed by atoms with E-state index in [1.165, 1.54) is 0 Å². The molecule has 0 aromatic rings. The molecule has 0 amide bonds. The van der Waals surface area contributed by atoms with E-state index in [1.807, 2.05) is 35.0 Å². The van der Waals surface area contributed by atoms with Crippen LogP contribution in [0, 0.1) is 0 Å². The second-order valence-electron chi connectivity index (χ2n) is 2.41. The number of hydrogen-bond acceptors (Lipinski definition) is 6. The maximum atomic E-state index is 5.03. The molecule has 0 radical (unpaired) electrons. The molecular weight excluding hydrogens is 289 g/mol. The molecule has 0 fully saturated rings. The molecule has 0 saturated carbocycles. The molecule has 0 rings (SSSR count). The average molecular weight is 305 g/mol. The first-order chi connectivity index (χ1) is 6.24. The third-order valence-corrected chi connectivity index (χ3v) is 1.61. The number of hydroxylamine groups is 3. The lowest BCUT2D eigenvalue weighted by Gasteiger charge is -2.24. The molecule has 0 spiro atoms. The number of nitrogens with one attached hydrogen (secondary N) is 1. The highest BCUT2D eigenvalue weighted by molar-refractivity contribution is 14.1. The van der Waals surface area contributed by atoms with Crippen molar-refractivity contribution in [3.8, 4) is 0 Å². The maximum absolute atomic E-state index is 5.03. The predicted molar refractivity (Wildman–Crippen MR) is 56.5 cm³/mol. The first-order valence-corrected chi connectivity index (χ1v) is 4.59. The minimum atomic E-state index is 0.425. The van der Waals surface area contributed by atoms with Gasteiger partial charge in [-0.2, -0.15) is 5.48 Å². The van der Waals surface area contributed by atoms with E-state index in [0.717, 1.165) is 0 Å². The van der Waals surface area contributed by atoms with Gasteiger partial charge in [-0.25, -0.2) is 0 Å². The molecule has 13 heavy (non-hydrogen) atoms. The summed E-state index contributed by atoms with van der Waals surface area (Å²) in [6, 6.07) is 0. The van der Waals surface area contributed by atoms with Gasteiger partial charge in [0.05, 0.1) is 27.6 Å². The molecule has 1 N–H and O–H groups in total. The first kappa shape index (κ1) is 13.5. The SMILES string of the molecule is CONCN(C)CN(COI)OC. The number of hydrogen-bond donors (Lipinski definition) is 1. The zero-order valence-corrected chi connectivity index (χ0v) is 10.3. The van der Waals surface area contributed by atoms with E-state index in [4.69, 9.17) is 12.7 Å². The second-order valence-corrected chi connectivity index (χ2v) is 3.03. The van der Waals surface area contributed by atoms with Crippen LogP contribution in [0.2, 0.25) is 0 Å². The van der Waals surface area contributed by atoms with Gasteiger partial charge in [-0.05, 0) is 7.05 Å². The summed E-state index contributed by atoms with van der Waals surface area (Å²) >= 11 is 1.82. The van der Waals surface area contributed by atoms with Gasteiger partial charge in [-0.1, -0.05) is 0 Å². The van der Waals surface area contributed by atoms with Gasteiger partial charge in [-0.15, -0.1) is 5.06 Å². The fourth-order valence-corrected chi connectivity index (χ4v) is 1.01. The van der Waals surface area contributed by atoms with Gasteiger partial charge in [0.1, 0.15) is 29.7 Å². The highest BCUT2D eigenvalue weighted by Gasteiger charge is 2.06.